The topological polar surface area (TPSA) is 24.5 Å². The zero-order valence-electron chi connectivity index (χ0n) is 9.99. The Balaban J connectivity index is 2.51. The lowest BCUT2D eigenvalue weighted by molar-refractivity contribution is -0.146. The summed E-state index contributed by atoms with van der Waals surface area (Å²) in [5.41, 5.74) is 1.41. The summed E-state index contributed by atoms with van der Waals surface area (Å²) in [6.45, 7) is 9.53. The van der Waals surface area contributed by atoms with Gasteiger partial charge in [0.1, 0.15) is 0 Å². The fraction of sp³-hybridized carbons (Fsp3) is 0.667. The van der Waals surface area contributed by atoms with Gasteiger partial charge in [-0.05, 0) is 13.3 Å². The monoisotopic (exact) mass is 210 g/mol. The van der Waals surface area contributed by atoms with Crippen molar-refractivity contribution < 1.29 is 4.84 Å². The Kier molecular flexibility index (Phi) is 5.02. The molecule has 86 valence electrons. The van der Waals surface area contributed by atoms with Crippen molar-refractivity contribution in [2.24, 2.45) is 0 Å². The van der Waals surface area contributed by atoms with E-state index < -0.39 is 0 Å². The maximum absolute atomic E-state index is 5.48. The highest BCUT2D eigenvalue weighted by molar-refractivity contribution is 5.15. The number of rotatable bonds is 5. The fourth-order valence-corrected chi connectivity index (χ4v) is 1.87. The Hall–Kier alpha value is -0.640. The molecule has 1 aliphatic rings. The number of hydrogen-bond donors (Lipinski definition) is 1. The van der Waals surface area contributed by atoms with Crippen LogP contribution in [0.1, 0.15) is 20.3 Å². The van der Waals surface area contributed by atoms with Gasteiger partial charge in [-0.15, -0.1) is 6.58 Å². The molecule has 15 heavy (non-hydrogen) atoms. The first-order valence-corrected chi connectivity index (χ1v) is 5.57. The minimum Gasteiger partial charge on any atom is -0.308 e. The Morgan fingerprint density at radius 2 is 2.47 bits per heavy atom. The lowest BCUT2D eigenvalue weighted by Gasteiger charge is -2.32. The zero-order valence-corrected chi connectivity index (χ0v) is 9.99. The predicted molar refractivity (Wildman–Crippen MR) is 63.5 cm³/mol. The van der Waals surface area contributed by atoms with Gasteiger partial charge in [-0.25, -0.2) is 0 Å². The number of nitrogens with one attached hydrogen (secondary N) is 1. The van der Waals surface area contributed by atoms with Crippen molar-refractivity contribution in [1.29, 1.82) is 0 Å². The van der Waals surface area contributed by atoms with Crippen LogP contribution < -0.4 is 5.32 Å². The van der Waals surface area contributed by atoms with Crippen LogP contribution in [0.3, 0.4) is 0 Å². The molecule has 1 rings (SSSR count). The molecule has 1 N–H and O–H groups in total. The van der Waals surface area contributed by atoms with Gasteiger partial charge in [0.25, 0.3) is 0 Å². The van der Waals surface area contributed by atoms with Gasteiger partial charge >= 0.3 is 0 Å². The van der Waals surface area contributed by atoms with Crippen molar-refractivity contribution in [3.8, 4) is 0 Å². The summed E-state index contributed by atoms with van der Waals surface area (Å²) in [6.07, 6.45) is 5.19. The predicted octanol–water partition coefficient (Wildman–Crippen LogP) is 1.73. The molecule has 3 nitrogen and oxygen atoms in total. The van der Waals surface area contributed by atoms with Gasteiger partial charge in [0.15, 0.2) is 0 Å². The zero-order chi connectivity index (χ0) is 11.3. The van der Waals surface area contributed by atoms with E-state index in [0.29, 0.717) is 18.7 Å². The van der Waals surface area contributed by atoms with Gasteiger partial charge in [0, 0.05) is 19.6 Å². The molecule has 1 aliphatic heterocycles. The average molecular weight is 210 g/mol. The normalized spacial score (nSPS) is 26.5. The van der Waals surface area contributed by atoms with Crippen LogP contribution in [0.15, 0.2) is 24.3 Å². The third kappa shape index (κ3) is 3.45. The Labute approximate surface area is 92.7 Å². The molecule has 1 heterocycles. The second-order valence-electron chi connectivity index (χ2n) is 3.98. The molecule has 0 aromatic heterocycles. The van der Waals surface area contributed by atoms with Crippen LogP contribution in [-0.4, -0.2) is 37.3 Å². The molecule has 3 heteroatoms. The van der Waals surface area contributed by atoms with E-state index in [9.17, 15) is 0 Å². The third-order valence-electron chi connectivity index (χ3n) is 2.85. The van der Waals surface area contributed by atoms with Crippen LogP contribution in [0, 0.1) is 0 Å². The smallest absolute Gasteiger partial charge is 0.0864 e. The Morgan fingerprint density at radius 1 is 1.73 bits per heavy atom. The number of hydrogen-bond acceptors (Lipinski definition) is 3. The first kappa shape index (κ1) is 12.4. The van der Waals surface area contributed by atoms with E-state index in [1.54, 1.807) is 6.08 Å². The molecule has 0 fully saturated rings. The van der Waals surface area contributed by atoms with Gasteiger partial charge < -0.3 is 5.32 Å². The Bertz CT molecular complexity index is 238. The van der Waals surface area contributed by atoms with Gasteiger partial charge in [0.05, 0.1) is 12.6 Å². The number of nitrogens with zero attached hydrogens (tertiary/aromatic N) is 1. The average Bonchev–Trinajstić information content (AvgIpc) is 2.25. The number of hydroxylamine groups is 2. The molecule has 0 bridgehead atoms. The summed E-state index contributed by atoms with van der Waals surface area (Å²) in [6, 6.07) is 0.863. The SMILES string of the molecule is C=CCON(C)[C@@H]1C=C(C)[C@@H](CC)NC1. The van der Waals surface area contributed by atoms with Crippen LogP contribution >= 0.6 is 0 Å². The highest BCUT2D eigenvalue weighted by Gasteiger charge is 2.21. The van der Waals surface area contributed by atoms with E-state index in [2.05, 4.69) is 31.8 Å². The summed E-state index contributed by atoms with van der Waals surface area (Å²) in [4.78, 5) is 5.48. The molecule has 0 saturated heterocycles. The molecule has 0 aromatic carbocycles. The number of likely N-dealkylation sites (N-methyl/N-ethyl adjacent to an activating group) is 1. The maximum atomic E-state index is 5.48. The highest BCUT2D eigenvalue weighted by atomic mass is 16.7. The molecule has 0 amide bonds. The maximum Gasteiger partial charge on any atom is 0.0864 e. The van der Waals surface area contributed by atoms with E-state index in [1.165, 1.54) is 5.57 Å². The lowest BCUT2D eigenvalue weighted by atomic mass is 9.99. The molecule has 0 aromatic rings. The van der Waals surface area contributed by atoms with Crippen molar-refractivity contribution in [3.05, 3.63) is 24.3 Å². The van der Waals surface area contributed by atoms with Gasteiger partial charge in [-0.3, -0.25) is 4.84 Å². The van der Waals surface area contributed by atoms with Gasteiger partial charge in [-0.1, -0.05) is 24.6 Å². The van der Waals surface area contributed by atoms with E-state index in [-0.39, 0.29) is 0 Å². The van der Waals surface area contributed by atoms with Crippen molar-refractivity contribution in [2.45, 2.75) is 32.4 Å². The van der Waals surface area contributed by atoms with Crippen LogP contribution in [0.5, 0.6) is 0 Å². The lowest BCUT2D eigenvalue weighted by Crippen LogP contribution is -2.46. The first-order chi connectivity index (χ1) is 7.19. The van der Waals surface area contributed by atoms with Crippen LogP contribution in [-0.2, 0) is 4.84 Å². The van der Waals surface area contributed by atoms with E-state index in [0.717, 1.165) is 13.0 Å². The minimum absolute atomic E-state index is 0.327. The van der Waals surface area contributed by atoms with E-state index >= 15 is 0 Å². The van der Waals surface area contributed by atoms with E-state index in [1.807, 2.05) is 12.1 Å². The molecule has 0 unspecified atom stereocenters. The van der Waals surface area contributed by atoms with Crippen LogP contribution in [0.25, 0.3) is 0 Å². The van der Waals surface area contributed by atoms with Crippen molar-refractivity contribution in [3.63, 3.8) is 0 Å². The quantitative estimate of drug-likeness (QED) is 0.552. The molecule has 2 atom stereocenters. The van der Waals surface area contributed by atoms with Gasteiger partial charge in [-0.2, -0.15) is 5.06 Å². The van der Waals surface area contributed by atoms with Crippen molar-refractivity contribution in [1.82, 2.24) is 10.4 Å². The summed E-state index contributed by atoms with van der Waals surface area (Å²) in [5.74, 6) is 0. The molecule has 0 spiro atoms. The summed E-state index contributed by atoms with van der Waals surface area (Å²) in [7, 11) is 1.96. The molecule has 0 aliphatic carbocycles. The summed E-state index contributed by atoms with van der Waals surface area (Å²) >= 11 is 0. The summed E-state index contributed by atoms with van der Waals surface area (Å²) in [5, 5.41) is 5.40. The standard InChI is InChI=1S/C12H22N2O/c1-5-7-15-14(4)11-8-10(3)12(6-2)13-9-11/h5,8,11-13H,1,6-7,9H2,2-4H3/t11-,12-/m1/s1. The molecule has 0 saturated carbocycles. The van der Waals surface area contributed by atoms with Gasteiger partial charge in [0.2, 0.25) is 0 Å². The second kappa shape index (κ2) is 6.05. The van der Waals surface area contributed by atoms with E-state index in [4.69, 9.17) is 4.84 Å². The van der Waals surface area contributed by atoms with Crippen LogP contribution in [0.2, 0.25) is 0 Å². The largest absolute Gasteiger partial charge is 0.308 e. The summed E-state index contributed by atoms with van der Waals surface area (Å²) < 4.78 is 0. The fourth-order valence-electron chi connectivity index (χ4n) is 1.87. The van der Waals surface area contributed by atoms with Crippen molar-refractivity contribution in [2.75, 3.05) is 20.2 Å². The highest BCUT2D eigenvalue weighted by Crippen LogP contribution is 2.14. The van der Waals surface area contributed by atoms with Crippen LogP contribution in [0.4, 0.5) is 0 Å². The second-order valence-corrected chi connectivity index (χ2v) is 3.98. The first-order valence-electron chi connectivity index (χ1n) is 5.57. The minimum atomic E-state index is 0.327. The van der Waals surface area contributed by atoms with Crippen molar-refractivity contribution >= 4 is 0 Å². The Morgan fingerprint density at radius 3 is 3.00 bits per heavy atom. The molecular weight excluding hydrogens is 188 g/mol. The molecule has 0 radical (unpaired) electrons. The molecular formula is C12H22N2O. The third-order valence-corrected chi connectivity index (χ3v) is 2.85.